The summed E-state index contributed by atoms with van der Waals surface area (Å²) in [5.41, 5.74) is 5.82. The summed E-state index contributed by atoms with van der Waals surface area (Å²) in [6.45, 7) is 1.72. The highest BCUT2D eigenvalue weighted by atomic mass is 16.5. The highest BCUT2D eigenvalue weighted by molar-refractivity contribution is 6.37. The topological polar surface area (TPSA) is 121 Å². The Balaban J connectivity index is 2.02. The maximum absolute atomic E-state index is 11.5. The van der Waals surface area contributed by atoms with Crippen molar-refractivity contribution in [2.75, 3.05) is 11.9 Å². The molecule has 0 radical (unpaired) electrons. The van der Waals surface area contributed by atoms with E-state index in [1.165, 1.54) is 24.4 Å². The molecule has 1 heterocycles. The van der Waals surface area contributed by atoms with E-state index in [1.807, 2.05) is 0 Å². The number of nitrogens with one attached hydrogen (secondary N) is 1. The fourth-order valence-corrected chi connectivity index (χ4v) is 1.73. The zero-order valence-corrected chi connectivity index (χ0v) is 12.8. The van der Waals surface area contributed by atoms with Crippen LogP contribution >= 0.6 is 0 Å². The first kappa shape index (κ1) is 16.9. The molecule has 0 fully saturated rings. The number of ether oxygens (including phenoxy) is 2. The number of primary amides is 1. The number of amides is 2. The molecule has 0 aliphatic carbocycles. The first-order valence-corrected chi connectivity index (χ1v) is 7.01. The number of nitrogens with two attached hydrogens (primary N) is 1. The summed E-state index contributed by atoms with van der Waals surface area (Å²) >= 11 is 0. The zero-order valence-electron chi connectivity index (χ0n) is 12.8. The van der Waals surface area contributed by atoms with E-state index in [-0.39, 0.29) is 12.5 Å². The molecule has 0 aliphatic rings. The molecular formula is C16H15N3O5. The molecule has 0 saturated heterocycles. The van der Waals surface area contributed by atoms with Gasteiger partial charge in [0.15, 0.2) is 0 Å². The summed E-state index contributed by atoms with van der Waals surface area (Å²) in [5, 5.41) is 2.35. The summed E-state index contributed by atoms with van der Waals surface area (Å²) < 4.78 is 10.1. The second kappa shape index (κ2) is 7.73. The van der Waals surface area contributed by atoms with E-state index in [1.54, 1.807) is 25.1 Å². The van der Waals surface area contributed by atoms with Gasteiger partial charge in [0.1, 0.15) is 5.75 Å². The maximum atomic E-state index is 11.5. The van der Waals surface area contributed by atoms with Gasteiger partial charge < -0.3 is 20.5 Å². The lowest BCUT2D eigenvalue weighted by Crippen LogP contribution is -2.25. The molecule has 0 saturated carbocycles. The van der Waals surface area contributed by atoms with Crippen molar-refractivity contribution in [1.29, 1.82) is 0 Å². The third kappa shape index (κ3) is 4.54. The lowest BCUT2D eigenvalue weighted by molar-refractivity contribution is -0.152. The third-order valence-electron chi connectivity index (χ3n) is 2.80. The van der Waals surface area contributed by atoms with Crippen LogP contribution in [0, 0.1) is 0 Å². The van der Waals surface area contributed by atoms with Crippen molar-refractivity contribution < 1.29 is 23.9 Å². The number of rotatable bonds is 5. The Bertz CT molecular complexity index is 759. The van der Waals surface area contributed by atoms with Gasteiger partial charge in [-0.15, -0.1) is 0 Å². The predicted octanol–water partition coefficient (Wildman–Crippen LogP) is 1.47. The molecule has 2 rings (SSSR count). The zero-order chi connectivity index (χ0) is 17.5. The number of hydrogen-bond acceptors (Lipinski definition) is 6. The van der Waals surface area contributed by atoms with Crippen LogP contribution in [-0.4, -0.2) is 29.4 Å². The smallest absolute Gasteiger partial charge is 0.397 e. The Hall–Kier alpha value is -3.42. The van der Waals surface area contributed by atoms with Gasteiger partial charge in [-0.3, -0.25) is 9.59 Å². The molecule has 0 aliphatic heterocycles. The van der Waals surface area contributed by atoms with E-state index in [4.69, 9.17) is 10.5 Å². The fraction of sp³-hybridized carbons (Fsp3) is 0.125. The second-order valence-electron chi connectivity index (χ2n) is 4.55. The average molecular weight is 329 g/mol. The van der Waals surface area contributed by atoms with Gasteiger partial charge in [0.25, 0.3) is 0 Å². The van der Waals surface area contributed by atoms with Crippen molar-refractivity contribution in [3.05, 3.63) is 48.2 Å². The minimum Gasteiger partial charge on any atom is -0.459 e. The number of aromatic nitrogens is 1. The summed E-state index contributed by atoms with van der Waals surface area (Å²) in [5.74, 6) is -1.79. The van der Waals surface area contributed by atoms with E-state index in [9.17, 15) is 14.4 Å². The van der Waals surface area contributed by atoms with E-state index in [0.717, 1.165) is 0 Å². The van der Waals surface area contributed by atoms with Gasteiger partial charge >= 0.3 is 11.9 Å². The molecule has 8 heteroatoms. The fourth-order valence-electron chi connectivity index (χ4n) is 1.73. The molecule has 1 aromatic carbocycles. The highest BCUT2D eigenvalue weighted by Gasteiger charge is 2.14. The van der Waals surface area contributed by atoms with Crippen molar-refractivity contribution in [3.63, 3.8) is 0 Å². The van der Waals surface area contributed by atoms with Crippen LogP contribution in [0.15, 0.2) is 42.6 Å². The van der Waals surface area contributed by atoms with Crippen molar-refractivity contribution >= 4 is 23.5 Å². The van der Waals surface area contributed by atoms with Gasteiger partial charge in [-0.1, -0.05) is 6.07 Å². The van der Waals surface area contributed by atoms with Gasteiger partial charge in [-0.2, -0.15) is 0 Å². The molecule has 3 N–H and O–H groups in total. The minimum atomic E-state index is -0.971. The SMILES string of the molecule is CCOC(=O)C(=O)Nc1ccc(Oc2cccc(C(N)=O)c2)nc1. The van der Waals surface area contributed by atoms with Gasteiger partial charge in [0.2, 0.25) is 11.8 Å². The summed E-state index contributed by atoms with van der Waals surface area (Å²) in [7, 11) is 0. The third-order valence-corrected chi connectivity index (χ3v) is 2.80. The molecular weight excluding hydrogens is 314 g/mol. The first-order chi connectivity index (χ1) is 11.5. The number of carbonyl (C=O) groups excluding carboxylic acids is 3. The van der Waals surface area contributed by atoms with E-state index in [2.05, 4.69) is 15.0 Å². The summed E-state index contributed by atoms with van der Waals surface area (Å²) in [6.07, 6.45) is 1.32. The largest absolute Gasteiger partial charge is 0.459 e. The number of carbonyl (C=O) groups is 3. The Morgan fingerprint density at radius 2 is 2.00 bits per heavy atom. The molecule has 0 unspecified atom stereocenters. The monoisotopic (exact) mass is 329 g/mol. The van der Waals surface area contributed by atoms with Crippen LogP contribution in [0.1, 0.15) is 17.3 Å². The Morgan fingerprint density at radius 3 is 2.62 bits per heavy atom. The van der Waals surface area contributed by atoms with Crippen LogP contribution < -0.4 is 15.8 Å². The van der Waals surface area contributed by atoms with Gasteiger partial charge in [0, 0.05) is 11.6 Å². The number of pyridine rings is 1. The van der Waals surface area contributed by atoms with Crippen LogP contribution in [0.4, 0.5) is 5.69 Å². The minimum absolute atomic E-state index is 0.113. The second-order valence-corrected chi connectivity index (χ2v) is 4.55. The Labute approximate surface area is 137 Å². The van der Waals surface area contributed by atoms with Crippen LogP contribution in [0.25, 0.3) is 0 Å². The summed E-state index contributed by atoms with van der Waals surface area (Å²) in [6, 6.07) is 9.33. The summed E-state index contributed by atoms with van der Waals surface area (Å²) in [4.78, 5) is 37.8. The molecule has 2 amide bonds. The number of esters is 1. The van der Waals surface area contributed by atoms with Crippen LogP contribution in [0.5, 0.6) is 11.6 Å². The number of nitrogens with zero attached hydrogens (tertiary/aromatic N) is 1. The van der Waals surface area contributed by atoms with Gasteiger partial charge in [-0.25, -0.2) is 9.78 Å². The van der Waals surface area contributed by atoms with E-state index < -0.39 is 17.8 Å². The molecule has 124 valence electrons. The number of anilines is 1. The number of benzene rings is 1. The average Bonchev–Trinajstić information content (AvgIpc) is 2.57. The number of hydrogen-bond donors (Lipinski definition) is 2. The maximum Gasteiger partial charge on any atom is 0.397 e. The van der Waals surface area contributed by atoms with Crippen LogP contribution in [0.3, 0.4) is 0 Å². The quantitative estimate of drug-likeness (QED) is 0.633. The molecule has 0 spiro atoms. The highest BCUT2D eigenvalue weighted by Crippen LogP contribution is 2.21. The van der Waals surface area contributed by atoms with Crippen molar-refractivity contribution in [3.8, 4) is 11.6 Å². The lowest BCUT2D eigenvalue weighted by atomic mass is 10.2. The van der Waals surface area contributed by atoms with Crippen molar-refractivity contribution in [2.45, 2.75) is 6.92 Å². The van der Waals surface area contributed by atoms with Crippen LogP contribution in [0.2, 0.25) is 0 Å². The van der Waals surface area contributed by atoms with E-state index >= 15 is 0 Å². The molecule has 0 bridgehead atoms. The molecule has 8 nitrogen and oxygen atoms in total. The molecule has 1 aromatic heterocycles. The predicted molar refractivity (Wildman–Crippen MR) is 84.5 cm³/mol. The molecule has 0 atom stereocenters. The Morgan fingerprint density at radius 1 is 1.21 bits per heavy atom. The van der Waals surface area contributed by atoms with E-state index in [0.29, 0.717) is 17.0 Å². The van der Waals surface area contributed by atoms with Gasteiger partial charge in [-0.05, 0) is 31.2 Å². The van der Waals surface area contributed by atoms with Gasteiger partial charge in [0.05, 0.1) is 18.5 Å². The molecule has 24 heavy (non-hydrogen) atoms. The van der Waals surface area contributed by atoms with Crippen molar-refractivity contribution in [1.82, 2.24) is 4.98 Å². The van der Waals surface area contributed by atoms with Crippen molar-refractivity contribution in [2.24, 2.45) is 5.73 Å². The lowest BCUT2D eigenvalue weighted by Gasteiger charge is -2.07. The standard InChI is InChI=1S/C16H15N3O5/c1-2-23-16(22)15(21)19-11-6-7-13(18-9-11)24-12-5-3-4-10(8-12)14(17)20/h3-9H,2H2,1H3,(H2,17,20)(H,19,21). The first-order valence-electron chi connectivity index (χ1n) is 7.01. The Kier molecular flexibility index (Phi) is 5.45. The normalized spacial score (nSPS) is 9.88. The molecule has 2 aromatic rings. The van der Waals surface area contributed by atoms with Crippen LogP contribution in [-0.2, 0) is 14.3 Å².